The Kier molecular flexibility index (Phi) is 5.22. The molecule has 5 nitrogen and oxygen atoms in total. The second-order valence-corrected chi connectivity index (χ2v) is 6.30. The zero-order valence-electron chi connectivity index (χ0n) is 12.6. The minimum atomic E-state index is -0.391. The summed E-state index contributed by atoms with van der Waals surface area (Å²) in [6.07, 6.45) is 2.45. The summed E-state index contributed by atoms with van der Waals surface area (Å²) in [6.45, 7) is 5.87. The van der Waals surface area contributed by atoms with Gasteiger partial charge in [0, 0.05) is 23.7 Å². The third-order valence-corrected chi connectivity index (χ3v) is 4.62. The molecule has 1 N–H and O–H groups in total. The van der Waals surface area contributed by atoms with E-state index in [2.05, 4.69) is 10.3 Å². The Morgan fingerprint density at radius 1 is 1.52 bits per heavy atom. The van der Waals surface area contributed by atoms with Crippen LogP contribution in [0.2, 0.25) is 0 Å². The normalized spacial score (nSPS) is 19.4. The van der Waals surface area contributed by atoms with Crippen LogP contribution in [0.15, 0.2) is 18.3 Å². The number of aryl methyl sites for hydroxylation is 1. The van der Waals surface area contributed by atoms with Crippen molar-refractivity contribution in [1.82, 2.24) is 15.2 Å². The van der Waals surface area contributed by atoms with E-state index in [1.807, 2.05) is 26.8 Å². The molecule has 0 bridgehead atoms. The topological polar surface area (TPSA) is 62.3 Å². The van der Waals surface area contributed by atoms with Crippen molar-refractivity contribution in [2.24, 2.45) is 0 Å². The lowest BCUT2D eigenvalue weighted by atomic mass is 10.2. The highest BCUT2D eigenvalue weighted by Gasteiger charge is 2.35. The van der Waals surface area contributed by atoms with Crippen LogP contribution in [0.5, 0.6) is 0 Å². The predicted octanol–water partition coefficient (Wildman–Crippen LogP) is 1.82. The number of aromatic nitrogens is 1. The number of pyridine rings is 1. The van der Waals surface area contributed by atoms with Crippen LogP contribution in [0, 0.1) is 6.92 Å². The molecule has 6 heteroatoms. The van der Waals surface area contributed by atoms with Gasteiger partial charge in [-0.2, -0.15) is 0 Å². The highest BCUT2D eigenvalue weighted by atomic mass is 32.2. The van der Waals surface area contributed by atoms with Gasteiger partial charge in [-0.15, -0.1) is 11.8 Å². The lowest BCUT2D eigenvalue weighted by molar-refractivity contribution is -0.125. The fraction of sp³-hybridized carbons (Fsp3) is 0.533. The molecule has 1 aliphatic rings. The number of nitrogens with one attached hydrogen (secondary N) is 1. The average molecular weight is 307 g/mol. The average Bonchev–Trinajstić information content (AvgIpc) is 2.96. The highest BCUT2D eigenvalue weighted by molar-refractivity contribution is 7.99. The highest BCUT2D eigenvalue weighted by Crippen LogP contribution is 2.23. The molecule has 1 aromatic heterocycles. The first-order valence-corrected chi connectivity index (χ1v) is 8.30. The van der Waals surface area contributed by atoms with Gasteiger partial charge in [-0.25, -0.2) is 0 Å². The Balaban J connectivity index is 2.09. The van der Waals surface area contributed by atoms with Crippen molar-refractivity contribution in [3.8, 4) is 0 Å². The summed E-state index contributed by atoms with van der Waals surface area (Å²) in [6, 6.07) is 3.31. The molecule has 0 aliphatic carbocycles. The number of rotatable bonds is 4. The quantitative estimate of drug-likeness (QED) is 0.921. The first kappa shape index (κ1) is 15.8. The molecule has 2 heterocycles. The molecule has 1 saturated heterocycles. The lowest BCUT2D eigenvalue weighted by Gasteiger charge is -2.24. The Bertz CT molecular complexity index is 518. The molecule has 2 unspecified atom stereocenters. The fourth-order valence-corrected chi connectivity index (χ4v) is 3.22. The van der Waals surface area contributed by atoms with E-state index in [0.29, 0.717) is 17.2 Å². The summed E-state index contributed by atoms with van der Waals surface area (Å²) < 4.78 is 0. The summed E-state index contributed by atoms with van der Waals surface area (Å²) >= 11 is 1.60. The molecule has 0 radical (unpaired) electrons. The van der Waals surface area contributed by atoms with Crippen molar-refractivity contribution < 1.29 is 9.59 Å². The molecule has 1 aromatic rings. The van der Waals surface area contributed by atoms with E-state index in [4.69, 9.17) is 0 Å². The summed E-state index contributed by atoms with van der Waals surface area (Å²) in [5.41, 5.74) is 1.40. The summed E-state index contributed by atoms with van der Waals surface area (Å²) in [7, 11) is 0. The van der Waals surface area contributed by atoms with Crippen molar-refractivity contribution in [1.29, 1.82) is 0 Å². The monoisotopic (exact) mass is 307 g/mol. The summed E-state index contributed by atoms with van der Waals surface area (Å²) in [4.78, 5) is 30.6. The van der Waals surface area contributed by atoms with Crippen molar-refractivity contribution in [2.75, 3.05) is 11.6 Å². The van der Waals surface area contributed by atoms with Gasteiger partial charge in [0.1, 0.15) is 6.04 Å². The van der Waals surface area contributed by atoms with Crippen molar-refractivity contribution in [3.63, 3.8) is 0 Å². The van der Waals surface area contributed by atoms with Crippen LogP contribution in [0.1, 0.15) is 36.3 Å². The van der Waals surface area contributed by atoms with E-state index in [1.54, 1.807) is 28.9 Å². The van der Waals surface area contributed by atoms with Crippen LogP contribution in [0.25, 0.3) is 0 Å². The SMILES string of the molecule is CCC(C)NC(=O)C1CSCN1C(=O)c1ccc(C)nc1. The first-order chi connectivity index (χ1) is 10.0. The molecule has 2 rings (SSSR count). The number of carbonyl (C=O) groups excluding carboxylic acids is 2. The second kappa shape index (κ2) is 6.93. The third kappa shape index (κ3) is 3.75. The maximum atomic E-state index is 12.5. The second-order valence-electron chi connectivity index (χ2n) is 5.30. The molecule has 1 aliphatic heterocycles. The molecule has 0 aromatic carbocycles. The zero-order valence-corrected chi connectivity index (χ0v) is 13.4. The number of hydrogen-bond donors (Lipinski definition) is 1. The molecule has 2 atom stereocenters. The molecule has 0 spiro atoms. The number of thioether (sulfide) groups is 1. The van der Waals surface area contributed by atoms with Crippen molar-refractivity contribution in [3.05, 3.63) is 29.6 Å². The van der Waals surface area contributed by atoms with Crippen molar-refractivity contribution in [2.45, 2.75) is 39.3 Å². The van der Waals surface area contributed by atoms with Gasteiger partial charge >= 0.3 is 0 Å². The molecule has 21 heavy (non-hydrogen) atoms. The van der Waals surface area contributed by atoms with Crippen molar-refractivity contribution >= 4 is 23.6 Å². The van der Waals surface area contributed by atoms with Gasteiger partial charge in [-0.3, -0.25) is 14.6 Å². The Morgan fingerprint density at radius 2 is 2.29 bits per heavy atom. The van der Waals surface area contributed by atoms with Crippen LogP contribution in [0.3, 0.4) is 0 Å². The molecule has 2 amide bonds. The van der Waals surface area contributed by atoms with Crippen LogP contribution >= 0.6 is 11.8 Å². The van der Waals surface area contributed by atoms with E-state index in [0.717, 1.165) is 12.1 Å². The zero-order chi connectivity index (χ0) is 15.4. The maximum absolute atomic E-state index is 12.5. The Morgan fingerprint density at radius 3 is 2.90 bits per heavy atom. The van der Waals surface area contributed by atoms with E-state index < -0.39 is 6.04 Å². The predicted molar refractivity (Wildman–Crippen MR) is 84.2 cm³/mol. The van der Waals surface area contributed by atoms with Gasteiger partial charge in [-0.1, -0.05) is 6.92 Å². The van der Waals surface area contributed by atoms with Gasteiger partial charge in [-0.05, 0) is 32.4 Å². The van der Waals surface area contributed by atoms with Crippen LogP contribution in [-0.4, -0.2) is 45.4 Å². The fourth-order valence-electron chi connectivity index (χ4n) is 2.06. The van der Waals surface area contributed by atoms with Gasteiger partial charge in [0.2, 0.25) is 5.91 Å². The largest absolute Gasteiger partial charge is 0.352 e. The minimum absolute atomic E-state index is 0.0669. The van der Waals surface area contributed by atoms with Crippen LogP contribution in [-0.2, 0) is 4.79 Å². The smallest absolute Gasteiger partial charge is 0.256 e. The number of nitrogens with zero attached hydrogens (tertiary/aromatic N) is 2. The van der Waals surface area contributed by atoms with E-state index in [9.17, 15) is 9.59 Å². The van der Waals surface area contributed by atoms with E-state index >= 15 is 0 Å². The number of carbonyl (C=O) groups is 2. The minimum Gasteiger partial charge on any atom is -0.352 e. The Hall–Kier alpha value is -1.56. The summed E-state index contributed by atoms with van der Waals surface area (Å²) in [5, 5.41) is 2.96. The first-order valence-electron chi connectivity index (χ1n) is 7.14. The molecule has 0 saturated carbocycles. The Labute approximate surface area is 129 Å². The standard InChI is InChI=1S/C15H21N3O2S/c1-4-10(2)17-14(19)13-8-21-9-18(13)15(20)12-6-5-11(3)16-7-12/h5-7,10,13H,4,8-9H2,1-3H3,(H,17,19). The molecule has 114 valence electrons. The molecular weight excluding hydrogens is 286 g/mol. The number of amides is 2. The van der Waals surface area contributed by atoms with Gasteiger partial charge in [0.05, 0.1) is 11.4 Å². The summed E-state index contributed by atoms with van der Waals surface area (Å²) in [5.74, 6) is 0.998. The van der Waals surface area contributed by atoms with E-state index in [1.165, 1.54) is 0 Å². The van der Waals surface area contributed by atoms with Crippen LogP contribution in [0.4, 0.5) is 0 Å². The van der Waals surface area contributed by atoms with Gasteiger partial charge < -0.3 is 10.2 Å². The van der Waals surface area contributed by atoms with Crippen LogP contribution < -0.4 is 5.32 Å². The third-order valence-electron chi connectivity index (χ3n) is 3.61. The molecule has 1 fully saturated rings. The molecular formula is C15H21N3O2S. The van der Waals surface area contributed by atoms with Gasteiger partial charge in [0.25, 0.3) is 5.91 Å². The lowest BCUT2D eigenvalue weighted by Crippen LogP contribution is -2.49. The van der Waals surface area contributed by atoms with Gasteiger partial charge in [0.15, 0.2) is 0 Å². The maximum Gasteiger partial charge on any atom is 0.256 e. The number of hydrogen-bond acceptors (Lipinski definition) is 4. The van der Waals surface area contributed by atoms with E-state index in [-0.39, 0.29) is 17.9 Å².